The Morgan fingerprint density at radius 3 is 2.66 bits per heavy atom. The molecule has 0 fully saturated rings. The minimum atomic E-state index is -0.665. The van der Waals surface area contributed by atoms with E-state index in [1.54, 1.807) is 41.9 Å². The molecule has 1 atom stereocenters. The fourth-order valence-electron chi connectivity index (χ4n) is 3.42. The Kier molecular flexibility index (Phi) is 5.43. The quantitative estimate of drug-likeness (QED) is 0.495. The van der Waals surface area contributed by atoms with Gasteiger partial charge in [0.05, 0.1) is 5.56 Å². The van der Waals surface area contributed by atoms with Crippen LogP contribution in [0, 0.1) is 5.82 Å². The molecular formula is C21H17ClFN3O2S. The molecule has 2 heterocycles. The number of aromatic nitrogens is 2. The average Bonchev–Trinajstić information content (AvgIpc) is 2.70. The van der Waals surface area contributed by atoms with Crippen LogP contribution in [0.4, 0.5) is 10.2 Å². The monoisotopic (exact) mass is 429 g/mol. The average molecular weight is 430 g/mol. The fraction of sp³-hybridized carbons (Fsp3) is 0.190. The van der Waals surface area contributed by atoms with Gasteiger partial charge in [-0.25, -0.2) is 4.39 Å². The molecule has 1 N–H and O–H groups in total. The summed E-state index contributed by atoms with van der Waals surface area (Å²) in [7, 11) is 1.74. The number of rotatable bonds is 4. The maximum absolute atomic E-state index is 14.4. The zero-order valence-corrected chi connectivity index (χ0v) is 17.1. The van der Waals surface area contributed by atoms with E-state index in [0.717, 1.165) is 5.56 Å². The molecule has 0 saturated heterocycles. The molecular weight excluding hydrogens is 413 g/mol. The molecule has 0 saturated carbocycles. The van der Waals surface area contributed by atoms with Gasteiger partial charge in [0, 0.05) is 30.2 Å². The number of fused-ring (bicyclic) bond motifs is 1. The maximum atomic E-state index is 14.4. The van der Waals surface area contributed by atoms with Crippen LogP contribution >= 0.6 is 23.4 Å². The summed E-state index contributed by atoms with van der Waals surface area (Å²) in [6, 6.07) is 13.6. The summed E-state index contributed by atoms with van der Waals surface area (Å²) in [5, 5.41) is 3.89. The van der Waals surface area contributed by atoms with Crippen molar-refractivity contribution in [2.24, 2.45) is 7.05 Å². The van der Waals surface area contributed by atoms with E-state index in [1.165, 1.54) is 17.8 Å². The van der Waals surface area contributed by atoms with Crippen molar-refractivity contribution in [2.45, 2.75) is 23.2 Å². The molecule has 148 valence electrons. The highest BCUT2D eigenvalue weighted by Gasteiger charge is 2.33. The molecule has 0 bridgehead atoms. The first-order valence-corrected chi connectivity index (χ1v) is 10.3. The largest absolute Gasteiger partial charge is 0.312 e. The van der Waals surface area contributed by atoms with Gasteiger partial charge in [-0.3, -0.25) is 9.59 Å². The van der Waals surface area contributed by atoms with Crippen LogP contribution in [0.25, 0.3) is 0 Å². The van der Waals surface area contributed by atoms with Crippen LogP contribution in [-0.2, 0) is 17.6 Å². The Hall–Kier alpha value is -2.64. The number of carbonyl (C=O) groups is 1. The number of anilines is 1. The van der Waals surface area contributed by atoms with Gasteiger partial charge in [0.25, 0.3) is 5.56 Å². The lowest BCUT2D eigenvalue weighted by Crippen LogP contribution is -2.33. The van der Waals surface area contributed by atoms with Gasteiger partial charge in [-0.05, 0) is 29.3 Å². The molecule has 8 heteroatoms. The summed E-state index contributed by atoms with van der Waals surface area (Å²) in [6.07, 6.45) is 0.00210. The van der Waals surface area contributed by atoms with Crippen molar-refractivity contribution in [1.82, 2.24) is 9.55 Å². The van der Waals surface area contributed by atoms with E-state index in [2.05, 4.69) is 10.3 Å². The summed E-state index contributed by atoms with van der Waals surface area (Å²) in [5.74, 6) is -0.419. The topological polar surface area (TPSA) is 64.0 Å². The number of hydrogen-bond acceptors (Lipinski definition) is 4. The van der Waals surface area contributed by atoms with Gasteiger partial charge in [0.15, 0.2) is 5.16 Å². The van der Waals surface area contributed by atoms with E-state index < -0.39 is 17.3 Å². The SMILES string of the molecule is Cn1c(SCc2ccc(Cl)cc2)nc(=O)c2c1NC(=O)CC2c1ccccc1F. The van der Waals surface area contributed by atoms with E-state index in [9.17, 15) is 14.0 Å². The molecule has 1 aliphatic rings. The third-order valence-electron chi connectivity index (χ3n) is 4.86. The van der Waals surface area contributed by atoms with Crippen LogP contribution in [0.1, 0.15) is 29.0 Å². The predicted octanol–water partition coefficient (Wildman–Crippen LogP) is 4.34. The van der Waals surface area contributed by atoms with Crippen LogP contribution in [0.3, 0.4) is 0 Å². The number of benzene rings is 2. The van der Waals surface area contributed by atoms with Crippen molar-refractivity contribution in [3.05, 3.63) is 86.4 Å². The minimum Gasteiger partial charge on any atom is -0.312 e. The molecule has 29 heavy (non-hydrogen) atoms. The predicted molar refractivity (Wildman–Crippen MR) is 112 cm³/mol. The van der Waals surface area contributed by atoms with Crippen molar-refractivity contribution in [3.63, 3.8) is 0 Å². The Labute approximate surface area is 175 Å². The molecule has 0 aliphatic carbocycles. The second-order valence-electron chi connectivity index (χ2n) is 6.76. The molecule has 0 spiro atoms. The summed E-state index contributed by atoms with van der Waals surface area (Å²) in [5.41, 5.74) is 1.21. The number of carbonyl (C=O) groups excluding carboxylic acids is 1. The Bertz CT molecular complexity index is 1150. The number of nitrogens with one attached hydrogen (secondary N) is 1. The van der Waals surface area contributed by atoms with Crippen molar-refractivity contribution < 1.29 is 9.18 Å². The second-order valence-corrected chi connectivity index (χ2v) is 8.14. The standard InChI is InChI=1S/C21H17ClFN3O2S/c1-26-19-18(15(10-17(27)24-19)14-4-2-3-5-16(14)23)20(28)25-21(26)29-11-12-6-8-13(22)9-7-12/h2-9,15H,10-11H2,1H3,(H,24,27). The number of nitrogens with zero attached hydrogens (tertiary/aromatic N) is 2. The van der Waals surface area contributed by atoms with Gasteiger partial charge in [-0.15, -0.1) is 0 Å². The fourth-order valence-corrected chi connectivity index (χ4v) is 4.46. The highest BCUT2D eigenvalue weighted by atomic mass is 35.5. The first-order valence-electron chi connectivity index (χ1n) is 8.96. The first-order chi connectivity index (χ1) is 13.9. The van der Waals surface area contributed by atoms with Crippen LogP contribution in [0.2, 0.25) is 5.02 Å². The van der Waals surface area contributed by atoms with E-state index in [1.807, 2.05) is 12.1 Å². The minimum absolute atomic E-state index is 0.00210. The molecule has 0 radical (unpaired) electrons. The normalized spacial score (nSPS) is 15.7. The first kappa shape index (κ1) is 19.7. The number of thioether (sulfide) groups is 1. The van der Waals surface area contributed by atoms with E-state index in [4.69, 9.17) is 11.6 Å². The summed E-state index contributed by atoms with van der Waals surface area (Å²) in [4.78, 5) is 29.4. The summed E-state index contributed by atoms with van der Waals surface area (Å²) < 4.78 is 16.1. The molecule has 1 aliphatic heterocycles. The third kappa shape index (κ3) is 3.93. The van der Waals surface area contributed by atoms with Crippen LogP contribution < -0.4 is 10.9 Å². The molecule has 1 unspecified atom stereocenters. The lowest BCUT2D eigenvalue weighted by atomic mass is 9.86. The van der Waals surface area contributed by atoms with Crippen LogP contribution in [0.15, 0.2) is 58.5 Å². The summed E-state index contributed by atoms with van der Waals surface area (Å²) >= 11 is 7.29. The van der Waals surface area contributed by atoms with Gasteiger partial charge in [0.1, 0.15) is 11.6 Å². The second kappa shape index (κ2) is 8.00. The van der Waals surface area contributed by atoms with Gasteiger partial charge >= 0.3 is 0 Å². The smallest absolute Gasteiger partial charge is 0.279 e. The molecule has 4 rings (SSSR count). The lowest BCUT2D eigenvalue weighted by Gasteiger charge is -2.27. The molecule has 2 aromatic carbocycles. The van der Waals surface area contributed by atoms with Gasteiger partial charge in [-0.2, -0.15) is 4.98 Å². The Morgan fingerprint density at radius 1 is 1.21 bits per heavy atom. The molecule has 5 nitrogen and oxygen atoms in total. The van der Waals surface area contributed by atoms with Gasteiger partial charge < -0.3 is 9.88 Å². The van der Waals surface area contributed by atoms with Crippen molar-refractivity contribution in [3.8, 4) is 0 Å². The van der Waals surface area contributed by atoms with Gasteiger partial charge in [-0.1, -0.05) is 53.7 Å². The summed E-state index contributed by atoms with van der Waals surface area (Å²) in [6.45, 7) is 0. The third-order valence-corrected chi connectivity index (χ3v) is 6.22. The highest BCUT2D eigenvalue weighted by Crippen LogP contribution is 2.37. The van der Waals surface area contributed by atoms with Crippen molar-refractivity contribution >= 4 is 35.1 Å². The molecule has 1 amide bonds. The van der Waals surface area contributed by atoms with E-state index >= 15 is 0 Å². The Balaban J connectivity index is 1.72. The molecule has 1 aromatic heterocycles. The van der Waals surface area contributed by atoms with Gasteiger partial charge in [0.2, 0.25) is 5.91 Å². The van der Waals surface area contributed by atoms with Crippen LogP contribution in [-0.4, -0.2) is 15.5 Å². The van der Waals surface area contributed by atoms with Crippen molar-refractivity contribution in [2.75, 3.05) is 5.32 Å². The zero-order chi connectivity index (χ0) is 20.5. The zero-order valence-electron chi connectivity index (χ0n) is 15.5. The Morgan fingerprint density at radius 2 is 1.93 bits per heavy atom. The molecule has 3 aromatic rings. The van der Waals surface area contributed by atoms with E-state index in [0.29, 0.717) is 32.9 Å². The maximum Gasteiger partial charge on any atom is 0.279 e. The number of halogens is 2. The van der Waals surface area contributed by atoms with Crippen LogP contribution in [0.5, 0.6) is 0 Å². The van der Waals surface area contributed by atoms with E-state index in [-0.39, 0.29) is 12.3 Å². The highest BCUT2D eigenvalue weighted by molar-refractivity contribution is 7.98. The van der Waals surface area contributed by atoms with Crippen molar-refractivity contribution in [1.29, 1.82) is 0 Å². The number of hydrogen-bond donors (Lipinski definition) is 1. The lowest BCUT2D eigenvalue weighted by molar-refractivity contribution is -0.116. The number of amides is 1.